The summed E-state index contributed by atoms with van der Waals surface area (Å²) in [6.45, 7) is 4.30. The lowest BCUT2D eigenvalue weighted by atomic mass is 9.95. The number of nitrogens with zero attached hydrogens (tertiary/aromatic N) is 1. The van der Waals surface area contributed by atoms with Crippen LogP contribution in [-0.4, -0.2) is 18.1 Å². The van der Waals surface area contributed by atoms with Gasteiger partial charge in [-0.2, -0.15) is 0 Å². The van der Waals surface area contributed by atoms with E-state index in [1.165, 1.54) is 12.7 Å². The van der Waals surface area contributed by atoms with Crippen molar-refractivity contribution in [2.45, 2.75) is 19.8 Å². The molecule has 0 aliphatic rings. The minimum Gasteiger partial charge on any atom is -0.465 e. The number of fused-ring (bicyclic) bond motifs is 1. The van der Waals surface area contributed by atoms with Gasteiger partial charge in [-0.05, 0) is 35.7 Å². The Kier molecular flexibility index (Phi) is 4.11. The van der Waals surface area contributed by atoms with Crippen molar-refractivity contribution in [1.82, 2.24) is 4.98 Å². The van der Waals surface area contributed by atoms with Gasteiger partial charge in [0.25, 0.3) is 0 Å². The quantitative estimate of drug-likeness (QED) is 0.652. The highest BCUT2D eigenvalue weighted by molar-refractivity contribution is 5.95. The van der Waals surface area contributed by atoms with E-state index in [0.29, 0.717) is 11.5 Å². The fourth-order valence-electron chi connectivity index (χ4n) is 2.70. The van der Waals surface area contributed by atoms with Gasteiger partial charge in [-0.1, -0.05) is 44.2 Å². The highest BCUT2D eigenvalue weighted by atomic mass is 16.5. The van der Waals surface area contributed by atoms with E-state index in [4.69, 9.17) is 9.72 Å². The molecule has 1 heterocycles. The Labute approximate surface area is 135 Å². The molecule has 0 bridgehead atoms. The molecular formula is C20H19NO2. The van der Waals surface area contributed by atoms with Crippen LogP contribution in [-0.2, 0) is 4.74 Å². The van der Waals surface area contributed by atoms with Crippen molar-refractivity contribution in [3.05, 3.63) is 65.7 Å². The van der Waals surface area contributed by atoms with E-state index in [9.17, 15) is 4.79 Å². The Balaban J connectivity index is 2.22. The van der Waals surface area contributed by atoms with E-state index in [0.717, 1.165) is 22.2 Å². The number of carbonyl (C=O) groups is 1. The van der Waals surface area contributed by atoms with Crippen molar-refractivity contribution < 1.29 is 9.53 Å². The topological polar surface area (TPSA) is 39.2 Å². The Morgan fingerprint density at radius 1 is 1.04 bits per heavy atom. The fourth-order valence-corrected chi connectivity index (χ4v) is 2.70. The van der Waals surface area contributed by atoms with Crippen LogP contribution in [0.3, 0.4) is 0 Å². The van der Waals surface area contributed by atoms with Crippen LogP contribution in [0.1, 0.15) is 35.7 Å². The molecule has 23 heavy (non-hydrogen) atoms. The molecule has 3 heteroatoms. The SMILES string of the molecule is COC(=O)c1ccc2nc(-c3ccccc3)c(C(C)C)cc2c1. The molecule has 0 saturated carbocycles. The molecule has 3 nitrogen and oxygen atoms in total. The van der Waals surface area contributed by atoms with Gasteiger partial charge in [0.05, 0.1) is 23.9 Å². The number of methoxy groups -OCH3 is 1. The number of hydrogen-bond donors (Lipinski definition) is 0. The van der Waals surface area contributed by atoms with Crippen LogP contribution in [0.4, 0.5) is 0 Å². The summed E-state index contributed by atoms with van der Waals surface area (Å²) in [5, 5.41) is 0.955. The minimum atomic E-state index is -0.329. The second-order valence-electron chi connectivity index (χ2n) is 5.85. The maximum atomic E-state index is 11.7. The number of hydrogen-bond acceptors (Lipinski definition) is 3. The largest absolute Gasteiger partial charge is 0.465 e. The molecule has 0 amide bonds. The van der Waals surface area contributed by atoms with Gasteiger partial charge < -0.3 is 4.74 Å². The van der Waals surface area contributed by atoms with E-state index in [1.54, 1.807) is 6.07 Å². The molecule has 0 aliphatic heterocycles. The molecule has 3 rings (SSSR count). The summed E-state index contributed by atoms with van der Waals surface area (Å²) < 4.78 is 4.80. The Hall–Kier alpha value is -2.68. The lowest BCUT2D eigenvalue weighted by Crippen LogP contribution is -2.02. The third kappa shape index (κ3) is 2.95. The second-order valence-corrected chi connectivity index (χ2v) is 5.85. The second kappa shape index (κ2) is 6.21. The predicted octanol–water partition coefficient (Wildman–Crippen LogP) is 4.81. The molecule has 0 atom stereocenters. The lowest BCUT2D eigenvalue weighted by molar-refractivity contribution is 0.0601. The van der Waals surface area contributed by atoms with Gasteiger partial charge in [-0.25, -0.2) is 9.78 Å². The molecule has 2 aromatic carbocycles. The van der Waals surface area contributed by atoms with E-state index < -0.39 is 0 Å². The lowest BCUT2D eigenvalue weighted by Gasteiger charge is -2.14. The Morgan fingerprint density at radius 2 is 1.78 bits per heavy atom. The zero-order valence-corrected chi connectivity index (χ0v) is 13.5. The average Bonchev–Trinajstić information content (AvgIpc) is 2.60. The summed E-state index contributed by atoms with van der Waals surface area (Å²) in [6, 6.07) is 17.8. The van der Waals surface area contributed by atoms with Gasteiger partial charge in [-0.15, -0.1) is 0 Å². The summed E-state index contributed by atoms with van der Waals surface area (Å²) in [5.74, 6) is 0.00835. The van der Waals surface area contributed by atoms with Crippen LogP contribution in [0.25, 0.3) is 22.2 Å². The molecule has 3 aromatic rings. The van der Waals surface area contributed by atoms with E-state index in [1.807, 2.05) is 30.3 Å². The molecule has 0 radical (unpaired) electrons. The Bertz CT molecular complexity index is 854. The molecule has 0 fully saturated rings. The van der Waals surface area contributed by atoms with Crippen LogP contribution in [0.5, 0.6) is 0 Å². The first-order valence-corrected chi connectivity index (χ1v) is 7.68. The number of esters is 1. The van der Waals surface area contributed by atoms with Crippen molar-refractivity contribution in [1.29, 1.82) is 0 Å². The first kappa shape index (κ1) is 15.2. The molecular weight excluding hydrogens is 286 g/mol. The monoisotopic (exact) mass is 305 g/mol. The summed E-state index contributed by atoms with van der Waals surface area (Å²) in [4.78, 5) is 16.6. The zero-order valence-electron chi connectivity index (χ0n) is 13.5. The number of rotatable bonds is 3. The molecule has 0 spiro atoms. The first-order valence-electron chi connectivity index (χ1n) is 7.68. The van der Waals surface area contributed by atoms with Crippen LogP contribution >= 0.6 is 0 Å². The number of benzene rings is 2. The van der Waals surface area contributed by atoms with E-state index in [2.05, 4.69) is 32.0 Å². The number of carbonyl (C=O) groups excluding carboxylic acids is 1. The molecule has 116 valence electrons. The molecule has 1 aromatic heterocycles. The van der Waals surface area contributed by atoms with Crippen molar-refractivity contribution in [2.24, 2.45) is 0 Å². The standard InChI is InChI=1S/C20H19NO2/c1-13(2)17-12-16-11-15(20(22)23-3)9-10-18(16)21-19(17)14-7-5-4-6-8-14/h4-13H,1-3H3. The number of pyridine rings is 1. The van der Waals surface area contributed by atoms with Crippen LogP contribution in [0.2, 0.25) is 0 Å². The molecule has 0 N–H and O–H groups in total. The number of ether oxygens (including phenoxy) is 1. The summed E-state index contributed by atoms with van der Waals surface area (Å²) >= 11 is 0. The maximum absolute atomic E-state index is 11.7. The molecule has 0 saturated heterocycles. The maximum Gasteiger partial charge on any atom is 0.337 e. The van der Waals surface area contributed by atoms with Gasteiger partial charge in [0.1, 0.15) is 0 Å². The Morgan fingerprint density at radius 3 is 2.43 bits per heavy atom. The third-order valence-corrected chi connectivity index (χ3v) is 3.93. The minimum absolute atomic E-state index is 0.329. The first-order chi connectivity index (χ1) is 11.1. The van der Waals surface area contributed by atoms with Gasteiger partial charge in [-0.3, -0.25) is 0 Å². The van der Waals surface area contributed by atoms with E-state index in [-0.39, 0.29) is 5.97 Å². The van der Waals surface area contributed by atoms with Gasteiger partial charge in [0.2, 0.25) is 0 Å². The number of aromatic nitrogens is 1. The van der Waals surface area contributed by atoms with Crippen molar-refractivity contribution in [2.75, 3.05) is 7.11 Å². The highest BCUT2D eigenvalue weighted by Crippen LogP contribution is 2.31. The normalized spacial score (nSPS) is 11.0. The van der Waals surface area contributed by atoms with Crippen molar-refractivity contribution >= 4 is 16.9 Å². The molecule has 0 unspecified atom stereocenters. The van der Waals surface area contributed by atoms with Gasteiger partial charge in [0, 0.05) is 10.9 Å². The molecule has 0 aliphatic carbocycles. The van der Waals surface area contributed by atoms with Crippen LogP contribution in [0, 0.1) is 0 Å². The van der Waals surface area contributed by atoms with Crippen molar-refractivity contribution in [3.8, 4) is 11.3 Å². The van der Waals surface area contributed by atoms with Gasteiger partial charge in [0.15, 0.2) is 0 Å². The summed E-state index contributed by atoms with van der Waals surface area (Å²) in [7, 11) is 1.39. The zero-order chi connectivity index (χ0) is 16.4. The predicted molar refractivity (Wildman–Crippen MR) is 92.6 cm³/mol. The van der Waals surface area contributed by atoms with Crippen LogP contribution in [0.15, 0.2) is 54.6 Å². The third-order valence-electron chi connectivity index (χ3n) is 3.93. The summed E-state index contributed by atoms with van der Waals surface area (Å²) in [6.07, 6.45) is 0. The van der Waals surface area contributed by atoms with Crippen LogP contribution < -0.4 is 0 Å². The summed E-state index contributed by atoms with van der Waals surface area (Å²) in [5.41, 5.74) is 4.70. The fraction of sp³-hybridized carbons (Fsp3) is 0.200. The highest BCUT2D eigenvalue weighted by Gasteiger charge is 2.13. The smallest absolute Gasteiger partial charge is 0.337 e. The average molecular weight is 305 g/mol. The van der Waals surface area contributed by atoms with Crippen molar-refractivity contribution in [3.63, 3.8) is 0 Å². The van der Waals surface area contributed by atoms with E-state index >= 15 is 0 Å². The van der Waals surface area contributed by atoms with Gasteiger partial charge >= 0.3 is 5.97 Å².